The molecule has 5 heteroatoms. The maximum atomic E-state index is 12.9. The van der Waals surface area contributed by atoms with Crippen LogP contribution in [0.2, 0.25) is 0 Å². The van der Waals surface area contributed by atoms with Crippen LogP contribution in [0.4, 0.5) is 4.39 Å². The first kappa shape index (κ1) is 13.5. The quantitative estimate of drug-likeness (QED) is 0.898. The van der Waals surface area contributed by atoms with Crippen LogP contribution in [0.1, 0.15) is 25.8 Å². The molecule has 0 bridgehead atoms. The summed E-state index contributed by atoms with van der Waals surface area (Å²) in [7, 11) is 0. The predicted octanol–water partition coefficient (Wildman–Crippen LogP) is 1.45. The first-order chi connectivity index (χ1) is 9.02. The minimum Gasteiger partial charge on any atom is -0.343 e. The first-order valence-electron chi connectivity index (χ1n) is 6.38. The highest BCUT2D eigenvalue weighted by atomic mass is 19.1. The molecule has 1 aromatic rings. The van der Waals surface area contributed by atoms with Crippen molar-refractivity contribution in [3.63, 3.8) is 0 Å². The molecule has 1 N–H and O–H groups in total. The van der Waals surface area contributed by atoms with Crippen molar-refractivity contribution in [2.24, 2.45) is 0 Å². The van der Waals surface area contributed by atoms with E-state index in [0.29, 0.717) is 13.0 Å². The highest BCUT2D eigenvalue weighted by molar-refractivity contribution is 5.96. The van der Waals surface area contributed by atoms with Gasteiger partial charge in [0.1, 0.15) is 17.9 Å². The van der Waals surface area contributed by atoms with Crippen molar-refractivity contribution in [2.75, 3.05) is 0 Å². The molecule has 0 saturated carbocycles. The molecule has 1 aliphatic rings. The molecule has 102 valence electrons. The zero-order valence-corrected chi connectivity index (χ0v) is 11.0. The number of halogens is 1. The Morgan fingerprint density at radius 2 is 1.89 bits per heavy atom. The maximum absolute atomic E-state index is 12.9. The number of nitrogens with one attached hydrogen (secondary N) is 1. The van der Waals surface area contributed by atoms with Crippen LogP contribution >= 0.6 is 0 Å². The number of rotatable bonds is 3. The van der Waals surface area contributed by atoms with Gasteiger partial charge in [0.05, 0.1) is 0 Å². The van der Waals surface area contributed by atoms with Gasteiger partial charge in [-0.1, -0.05) is 19.1 Å². The summed E-state index contributed by atoms with van der Waals surface area (Å²) in [6, 6.07) is 5.02. The standard InChI is InChI=1S/C14H17FN2O2/c1-3-12-13(18)16-9(2)14(19)17(12)8-10-4-6-11(15)7-5-10/h4-7,9,12H,3,8H2,1-2H3,(H,16,18). The molecule has 19 heavy (non-hydrogen) atoms. The highest BCUT2D eigenvalue weighted by Crippen LogP contribution is 2.17. The summed E-state index contributed by atoms with van der Waals surface area (Å²) in [5, 5.41) is 2.66. The number of carbonyl (C=O) groups is 2. The number of hydrogen-bond acceptors (Lipinski definition) is 2. The summed E-state index contributed by atoms with van der Waals surface area (Å²) in [5.41, 5.74) is 0.815. The van der Waals surface area contributed by atoms with Crippen LogP contribution in [0, 0.1) is 5.82 Å². The Bertz CT molecular complexity index is 487. The van der Waals surface area contributed by atoms with Crippen molar-refractivity contribution in [3.05, 3.63) is 35.6 Å². The van der Waals surface area contributed by atoms with E-state index in [9.17, 15) is 14.0 Å². The molecule has 0 aliphatic carbocycles. The van der Waals surface area contributed by atoms with E-state index >= 15 is 0 Å². The van der Waals surface area contributed by atoms with Crippen LogP contribution in [-0.4, -0.2) is 28.8 Å². The van der Waals surface area contributed by atoms with Crippen molar-refractivity contribution in [3.8, 4) is 0 Å². The Hall–Kier alpha value is -1.91. The predicted molar refractivity (Wildman–Crippen MR) is 68.6 cm³/mol. The molecule has 1 aliphatic heterocycles. The second-order valence-electron chi connectivity index (χ2n) is 4.75. The Kier molecular flexibility index (Phi) is 3.83. The number of amides is 2. The average Bonchev–Trinajstić information content (AvgIpc) is 2.38. The number of carbonyl (C=O) groups excluding carboxylic acids is 2. The van der Waals surface area contributed by atoms with Gasteiger partial charge in [0.15, 0.2) is 0 Å². The van der Waals surface area contributed by atoms with Crippen LogP contribution in [0.3, 0.4) is 0 Å². The van der Waals surface area contributed by atoms with Gasteiger partial charge >= 0.3 is 0 Å². The number of benzene rings is 1. The lowest BCUT2D eigenvalue weighted by atomic mass is 10.0. The van der Waals surface area contributed by atoms with E-state index in [1.165, 1.54) is 12.1 Å². The van der Waals surface area contributed by atoms with Gasteiger partial charge in [-0.25, -0.2) is 4.39 Å². The summed E-state index contributed by atoms with van der Waals surface area (Å²) in [5.74, 6) is -0.542. The number of piperazine rings is 1. The van der Waals surface area contributed by atoms with Crippen LogP contribution < -0.4 is 5.32 Å². The van der Waals surface area contributed by atoms with Crippen LogP contribution in [0.25, 0.3) is 0 Å². The van der Waals surface area contributed by atoms with Crippen molar-refractivity contribution >= 4 is 11.8 Å². The second-order valence-corrected chi connectivity index (χ2v) is 4.75. The van der Waals surface area contributed by atoms with E-state index in [1.54, 1.807) is 24.0 Å². The highest BCUT2D eigenvalue weighted by Gasteiger charge is 2.37. The smallest absolute Gasteiger partial charge is 0.245 e. The second kappa shape index (κ2) is 5.38. The van der Waals surface area contributed by atoms with Gasteiger partial charge in [0.2, 0.25) is 11.8 Å². The third kappa shape index (κ3) is 2.75. The fourth-order valence-corrected chi connectivity index (χ4v) is 2.30. The molecule has 4 nitrogen and oxygen atoms in total. The van der Waals surface area contributed by atoms with Crippen LogP contribution in [0.15, 0.2) is 24.3 Å². The fourth-order valence-electron chi connectivity index (χ4n) is 2.30. The maximum Gasteiger partial charge on any atom is 0.245 e. The van der Waals surface area contributed by atoms with Gasteiger partial charge in [-0.2, -0.15) is 0 Å². The largest absolute Gasteiger partial charge is 0.343 e. The van der Waals surface area contributed by atoms with E-state index in [1.807, 2.05) is 6.92 Å². The molecule has 0 radical (unpaired) electrons. The third-order valence-corrected chi connectivity index (χ3v) is 3.34. The van der Waals surface area contributed by atoms with Gasteiger partial charge in [-0.05, 0) is 31.0 Å². The van der Waals surface area contributed by atoms with Gasteiger partial charge in [0, 0.05) is 6.54 Å². The summed E-state index contributed by atoms with van der Waals surface area (Å²) in [6.45, 7) is 3.87. The zero-order valence-electron chi connectivity index (χ0n) is 11.0. The summed E-state index contributed by atoms with van der Waals surface area (Å²) in [6.07, 6.45) is 0.561. The Labute approximate surface area is 111 Å². The molecular formula is C14H17FN2O2. The Balaban J connectivity index is 2.21. The molecule has 2 unspecified atom stereocenters. The molecule has 1 heterocycles. The summed E-state index contributed by atoms with van der Waals surface area (Å²) < 4.78 is 12.9. The monoisotopic (exact) mass is 264 g/mol. The molecule has 2 amide bonds. The van der Waals surface area contributed by atoms with Gasteiger partial charge in [0.25, 0.3) is 0 Å². The van der Waals surface area contributed by atoms with Gasteiger partial charge in [-0.15, -0.1) is 0 Å². The Morgan fingerprint density at radius 3 is 2.47 bits per heavy atom. The molecule has 0 spiro atoms. The Morgan fingerprint density at radius 1 is 1.26 bits per heavy atom. The van der Waals surface area contributed by atoms with E-state index in [4.69, 9.17) is 0 Å². The minimum atomic E-state index is -0.504. The van der Waals surface area contributed by atoms with E-state index in [2.05, 4.69) is 5.32 Å². The normalized spacial score (nSPS) is 23.4. The van der Waals surface area contributed by atoms with E-state index in [0.717, 1.165) is 5.56 Å². The topological polar surface area (TPSA) is 49.4 Å². The molecule has 2 atom stereocenters. The van der Waals surface area contributed by atoms with Crippen molar-refractivity contribution in [2.45, 2.75) is 38.9 Å². The van der Waals surface area contributed by atoms with Gasteiger partial charge in [-0.3, -0.25) is 9.59 Å². The van der Waals surface area contributed by atoms with Gasteiger partial charge < -0.3 is 10.2 Å². The lowest BCUT2D eigenvalue weighted by molar-refractivity contribution is -0.149. The molecule has 1 saturated heterocycles. The van der Waals surface area contributed by atoms with E-state index in [-0.39, 0.29) is 17.6 Å². The number of nitrogens with zero attached hydrogens (tertiary/aromatic N) is 1. The SMILES string of the molecule is CCC1C(=O)NC(C)C(=O)N1Cc1ccc(F)cc1. The first-order valence-corrected chi connectivity index (χ1v) is 6.38. The number of hydrogen-bond donors (Lipinski definition) is 1. The van der Waals surface area contributed by atoms with E-state index < -0.39 is 12.1 Å². The summed E-state index contributed by atoms with van der Waals surface area (Å²) in [4.78, 5) is 25.6. The van der Waals surface area contributed by atoms with Crippen molar-refractivity contribution < 1.29 is 14.0 Å². The minimum absolute atomic E-state index is 0.101. The third-order valence-electron chi connectivity index (χ3n) is 3.34. The lowest BCUT2D eigenvalue weighted by Gasteiger charge is -2.37. The van der Waals surface area contributed by atoms with Crippen molar-refractivity contribution in [1.29, 1.82) is 0 Å². The zero-order chi connectivity index (χ0) is 14.0. The van der Waals surface area contributed by atoms with Crippen molar-refractivity contribution in [1.82, 2.24) is 10.2 Å². The molecule has 1 fully saturated rings. The molecule has 2 rings (SSSR count). The fraction of sp³-hybridized carbons (Fsp3) is 0.429. The molecule has 1 aromatic carbocycles. The van der Waals surface area contributed by atoms with Crippen LogP contribution in [0.5, 0.6) is 0 Å². The van der Waals surface area contributed by atoms with Crippen LogP contribution in [-0.2, 0) is 16.1 Å². The average molecular weight is 264 g/mol. The molecular weight excluding hydrogens is 247 g/mol. The molecule has 0 aromatic heterocycles. The summed E-state index contributed by atoms with van der Waals surface area (Å²) >= 11 is 0. The lowest BCUT2D eigenvalue weighted by Crippen LogP contribution is -2.61.